The van der Waals surface area contributed by atoms with Gasteiger partial charge in [0.1, 0.15) is 0 Å². The molecule has 4 aromatic heterocycles. The van der Waals surface area contributed by atoms with Crippen molar-refractivity contribution in [3.8, 4) is 113 Å². The second-order valence-electron chi connectivity index (χ2n) is 25.0. The fourth-order valence-corrected chi connectivity index (χ4v) is 14.2. The quantitative estimate of drug-likeness (QED) is 0.125. The van der Waals surface area contributed by atoms with Gasteiger partial charge >= 0.3 is 0 Å². The summed E-state index contributed by atoms with van der Waals surface area (Å²) < 4.78 is 0. The largest absolute Gasteiger partial charge is 0.264 e. The molecule has 0 N–H and O–H groups in total. The van der Waals surface area contributed by atoms with Crippen molar-refractivity contribution in [1.29, 1.82) is 0 Å². The zero-order chi connectivity index (χ0) is 66.3. The van der Waals surface area contributed by atoms with Crippen LogP contribution < -0.4 is 0 Å². The maximum atomic E-state index is 5.12. The first-order valence-corrected chi connectivity index (χ1v) is 33.5. The summed E-state index contributed by atoms with van der Waals surface area (Å²) in [6, 6.07) is 115. The van der Waals surface area contributed by atoms with E-state index in [1.54, 1.807) is 6.20 Å². The van der Waals surface area contributed by atoms with Crippen LogP contribution in [0, 0.1) is 0 Å². The van der Waals surface area contributed by atoms with Gasteiger partial charge in [0, 0.05) is 69.3 Å². The number of rotatable bonds is 10. The molecule has 15 aromatic carbocycles. The number of fused-ring (bicyclic) bond motifs is 14. The molecule has 19 aromatic rings. The number of hydrogen-bond donors (Lipinski definition) is 0. The predicted molar refractivity (Wildman–Crippen MR) is 412 cm³/mol. The molecule has 0 saturated heterocycles. The molecule has 8 nitrogen and oxygen atoms in total. The Hall–Kier alpha value is -13.6. The highest BCUT2D eigenvalue weighted by Gasteiger charge is 2.21. The minimum atomic E-state index is 0.612. The van der Waals surface area contributed by atoms with Crippen molar-refractivity contribution < 1.29 is 0 Å². The Bertz CT molecular complexity index is 6160. The van der Waals surface area contributed by atoms with E-state index in [2.05, 4.69) is 204 Å². The molecule has 4 heterocycles. The zero-order valence-electron chi connectivity index (χ0n) is 54.1. The van der Waals surface area contributed by atoms with E-state index >= 15 is 0 Å². The molecule has 0 bridgehead atoms. The van der Waals surface area contributed by atoms with Crippen LogP contribution in [0.3, 0.4) is 0 Å². The first-order chi connectivity index (χ1) is 49.6. The number of benzene rings is 15. The lowest BCUT2D eigenvalue weighted by Crippen LogP contribution is -2.00. The highest BCUT2D eigenvalue weighted by molar-refractivity contribution is 6.33. The third-order valence-corrected chi connectivity index (χ3v) is 18.9. The van der Waals surface area contributed by atoms with Gasteiger partial charge < -0.3 is 0 Å². The molecule has 19 rings (SSSR count). The SMILES string of the molecule is c1ccc(-c2nc(-c3ccccc3)nc(-c3cc(-c4cccnc4)cc(-c4cc5c6ccccc6c6ccccc6c5c5ccccc45)c3)n2)cc1.c1ccc(-c2nc(-c3ccccc3)nc(-c3cc(-c4cccnc4)cc(-c4ccc5c6ccccc6c6ccccc6c5c4)c3)n2)cc1. The molecule has 100 heavy (non-hydrogen) atoms. The number of aromatic nitrogens is 8. The van der Waals surface area contributed by atoms with E-state index in [0.717, 1.165) is 77.9 Å². The predicted octanol–water partition coefficient (Wildman–Crippen LogP) is 23.3. The van der Waals surface area contributed by atoms with Crippen LogP contribution in [0.25, 0.3) is 188 Å². The number of pyridine rings is 2. The molecule has 0 radical (unpaired) electrons. The molecule has 0 saturated carbocycles. The van der Waals surface area contributed by atoms with Gasteiger partial charge in [0.25, 0.3) is 0 Å². The molecule has 0 fully saturated rings. The van der Waals surface area contributed by atoms with E-state index in [0.29, 0.717) is 34.9 Å². The van der Waals surface area contributed by atoms with Crippen LogP contribution in [0.15, 0.2) is 352 Å². The lowest BCUT2D eigenvalue weighted by atomic mass is 9.86. The topological polar surface area (TPSA) is 103 Å². The second-order valence-corrected chi connectivity index (χ2v) is 25.0. The van der Waals surface area contributed by atoms with E-state index in [9.17, 15) is 0 Å². The Morgan fingerprint density at radius 3 is 0.830 bits per heavy atom. The van der Waals surface area contributed by atoms with Gasteiger partial charge in [-0.3, -0.25) is 9.97 Å². The molecular formula is C92H58N8. The average molecular weight is 1280 g/mol. The number of nitrogens with zero attached hydrogens (tertiary/aromatic N) is 8. The molecule has 0 atom stereocenters. The van der Waals surface area contributed by atoms with Crippen LogP contribution in [0.2, 0.25) is 0 Å². The fourth-order valence-electron chi connectivity index (χ4n) is 14.2. The van der Waals surface area contributed by atoms with Gasteiger partial charge in [-0.05, 0) is 169 Å². The maximum Gasteiger partial charge on any atom is 0.164 e. The molecule has 0 amide bonds. The standard InChI is InChI=1S/C48H30N4.C44H28N4/c1-3-14-31(15-4-1)46-50-47(32-16-5-2-6-17-32)52-48(51-46)36-27-34(33-18-13-25-49-30-33)26-35(28-36)43-29-44-39-21-8-7-19-37(39)38-20-9-11-23-41(38)45(44)42-24-12-10-22-40(42)43;1-3-12-29(13-4-1)42-46-43(30-14-5-2-6-15-30)48-44(47-42)35-25-33(24-34(26-35)32-16-11-23-45-28-32)31-21-22-40-38-19-8-7-17-36(38)37-18-9-10-20-39(37)41(40)27-31/h1-30H;1-28H. The number of hydrogen-bond acceptors (Lipinski definition) is 8. The Balaban J connectivity index is 0.000000145. The van der Waals surface area contributed by atoms with E-state index in [-0.39, 0.29) is 0 Å². The first-order valence-electron chi connectivity index (χ1n) is 33.5. The van der Waals surface area contributed by atoms with E-state index in [1.165, 1.54) is 75.4 Å². The minimum Gasteiger partial charge on any atom is -0.264 e. The van der Waals surface area contributed by atoms with Crippen molar-refractivity contribution in [3.63, 3.8) is 0 Å². The third-order valence-electron chi connectivity index (χ3n) is 18.9. The molecule has 0 aliphatic heterocycles. The summed E-state index contributed by atoms with van der Waals surface area (Å²) in [6.45, 7) is 0. The average Bonchev–Trinajstić information content (AvgIpc) is 0.729. The van der Waals surface area contributed by atoms with Crippen molar-refractivity contribution in [2.24, 2.45) is 0 Å². The van der Waals surface area contributed by atoms with Crippen LogP contribution in [0.4, 0.5) is 0 Å². The summed E-state index contributed by atoms with van der Waals surface area (Å²) in [7, 11) is 0. The third kappa shape index (κ3) is 11.1. The van der Waals surface area contributed by atoms with E-state index in [1.807, 2.05) is 152 Å². The smallest absolute Gasteiger partial charge is 0.164 e. The van der Waals surface area contributed by atoms with Crippen LogP contribution in [0.5, 0.6) is 0 Å². The van der Waals surface area contributed by atoms with E-state index < -0.39 is 0 Å². The van der Waals surface area contributed by atoms with Gasteiger partial charge in [0.2, 0.25) is 0 Å². The normalized spacial score (nSPS) is 11.4. The fraction of sp³-hybridized carbons (Fsp3) is 0. The van der Waals surface area contributed by atoms with Crippen molar-refractivity contribution in [1.82, 2.24) is 39.9 Å². The van der Waals surface area contributed by atoms with Crippen molar-refractivity contribution in [3.05, 3.63) is 352 Å². The molecular weight excluding hydrogens is 1220 g/mol. The lowest BCUT2D eigenvalue weighted by Gasteiger charge is -2.17. The van der Waals surface area contributed by atoms with E-state index in [4.69, 9.17) is 29.9 Å². The minimum absolute atomic E-state index is 0.612. The van der Waals surface area contributed by atoms with Crippen LogP contribution in [-0.2, 0) is 0 Å². The Morgan fingerprint density at radius 2 is 0.430 bits per heavy atom. The molecule has 0 unspecified atom stereocenters. The van der Waals surface area contributed by atoms with Crippen LogP contribution in [-0.4, -0.2) is 39.9 Å². The van der Waals surface area contributed by atoms with Crippen molar-refractivity contribution in [2.75, 3.05) is 0 Å². The van der Waals surface area contributed by atoms with Gasteiger partial charge in [-0.15, -0.1) is 0 Å². The summed E-state index contributed by atoms with van der Waals surface area (Å²) in [5, 5.41) is 17.4. The summed E-state index contributed by atoms with van der Waals surface area (Å²) in [4.78, 5) is 39.1. The summed E-state index contributed by atoms with van der Waals surface area (Å²) in [6.07, 6.45) is 7.43. The van der Waals surface area contributed by atoms with Gasteiger partial charge in [-0.2, -0.15) is 0 Å². The molecule has 0 aliphatic rings. The summed E-state index contributed by atoms with van der Waals surface area (Å²) in [5.74, 6) is 3.77. The molecule has 8 heteroatoms. The summed E-state index contributed by atoms with van der Waals surface area (Å²) >= 11 is 0. The van der Waals surface area contributed by atoms with Gasteiger partial charge in [-0.1, -0.05) is 267 Å². The van der Waals surface area contributed by atoms with Crippen LogP contribution >= 0.6 is 0 Å². The second kappa shape index (κ2) is 25.5. The first kappa shape index (κ1) is 59.0. The maximum absolute atomic E-state index is 5.12. The zero-order valence-corrected chi connectivity index (χ0v) is 54.1. The Labute approximate surface area is 577 Å². The lowest BCUT2D eigenvalue weighted by molar-refractivity contribution is 1.07. The monoisotopic (exact) mass is 1270 g/mol. The molecule has 466 valence electrons. The highest BCUT2D eigenvalue weighted by Crippen LogP contribution is 2.45. The van der Waals surface area contributed by atoms with Crippen LogP contribution in [0.1, 0.15) is 0 Å². The molecule has 0 spiro atoms. The van der Waals surface area contributed by atoms with Gasteiger partial charge in [0.05, 0.1) is 0 Å². The van der Waals surface area contributed by atoms with Gasteiger partial charge in [-0.25, -0.2) is 29.9 Å². The Morgan fingerprint density at radius 1 is 0.150 bits per heavy atom. The summed E-state index contributed by atoms with van der Waals surface area (Å²) in [5.41, 5.74) is 14.1. The van der Waals surface area contributed by atoms with Crippen molar-refractivity contribution >= 4 is 75.4 Å². The van der Waals surface area contributed by atoms with Gasteiger partial charge in [0.15, 0.2) is 34.9 Å². The highest BCUT2D eigenvalue weighted by atomic mass is 15.0. The molecule has 0 aliphatic carbocycles. The Kier molecular flexibility index (Phi) is 15.1. The van der Waals surface area contributed by atoms with Crippen molar-refractivity contribution in [2.45, 2.75) is 0 Å².